The third kappa shape index (κ3) is 3.03. The van der Waals surface area contributed by atoms with Crippen molar-refractivity contribution >= 4 is 23.0 Å². The Labute approximate surface area is 138 Å². The molecule has 0 aliphatic carbocycles. The number of hydrogen-bond acceptors (Lipinski definition) is 7. The molecule has 1 aliphatic rings. The van der Waals surface area contributed by atoms with E-state index in [-0.39, 0.29) is 12.3 Å². The molecule has 1 fully saturated rings. The van der Waals surface area contributed by atoms with E-state index in [0.29, 0.717) is 23.4 Å². The molecule has 0 amide bonds. The Kier molecular flexibility index (Phi) is 4.35. The lowest BCUT2D eigenvalue weighted by Crippen LogP contribution is -2.31. The maximum Gasteiger partial charge on any atom is 0.308 e. The normalized spacial score (nSPS) is 23.8. The fourth-order valence-corrected chi connectivity index (χ4v) is 2.59. The highest BCUT2D eigenvalue weighted by Gasteiger charge is 2.43. The van der Waals surface area contributed by atoms with Crippen LogP contribution in [0.25, 0.3) is 11.2 Å². The van der Waals surface area contributed by atoms with Crippen LogP contribution in [-0.4, -0.2) is 45.0 Å². The highest BCUT2D eigenvalue weighted by atomic mass is 19.2. The number of aromatic nitrogens is 4. The molecule has 0 spiro atoms. The summed E-state index contributed by atoms with van der Waals surface area (Å²) < 4.78 is 26.9. The number of nitrogens with zero attached hydrogens (tertiary/aromatic N) is 4. The van der Waals surface area contributed by atoms with E-state index in [0.717, 1.165) is 0 Å². The molecule has 0 radical (unpaired) electrons. The summed E-state index contributed by atoms with van der Waals surface area (Å²) in [6.45, 7) is 2.98. The lowest BCUT2D eigenvalue weighted by Gasteiger charge is -2.21. The minimum atomic E-state index is -2.00. The van der Waals surface area contributed by atoms with E-state index in [1.165, 1.54) is 6.33 Å². The predicted molar refractivity (Wildman–Crippen MR) is 83.9 cm³/mol. The van der Waals surface area contributed by atoms with Gasteiger partial charge in [0.15, 0.2) is 18.1 Å². The van der Waals surface area contributed by atoms with E-state index in [2.05, 4.69) is 20.3 Å². The molecular formula is C15H20FN5O3. The van der Waals surface area contributed by atoms with Crippen molar-refractivity contribution in [1.29, 1.82) is 0 Å². The van der Waals surface area contributed by atoms with E-state index in [4.69, 9.17) is 9.47 Å². The van der Waals surface area contributed by atoms with Gasteiger partial charge in [-0.3, -0.25) is 9.36 Å². The fourth-order valence-electron chi connectivity index (χ4n) is 2.59. The Morgan fingerprint density at radius 2 is 2.33 bits per heavy atom. The molecule has 9 heteroatoms. The van der Waals surface area contributed by atoms with Crippen LogP contribution in [0.2, 0.25) is 0 Å². The molecular weight excluding hydrogens is 317 g/mol. The number of fused-ring (bicyclic) bond motifs is 1. The summed E-state index contributed by atoms with van der Waals surface area (Å²) in [5, 5.41) is 2.93. The SMILES string of the molecule is CNc1ncnc2c1ncn2[C@H]1CC[C@@](F)(COC(=O)C(C)C)O1. The van der Waals surface area contributed by atoms with Gasteiger partial charge < -0.3 is 14.8 Å². The van der Waals surface area contributed by atoms with Gasteiger partial charge in [0.2, 0.25) is 5.85 Å². The summed E-state index contributed by atoms with van der Waals surface area (Å²) in [4.78, 5) is 24.1. The molecule has 0 saturated carbocycles. The number of nitrogens with one attached hydrogen (secondary N) is 1. The van der Waals surface area contributed by atoms with Gasteiger partial charge in [0.25, 0.3) is 0 Å². The van der Waals surface area contributed by atoms with Crippen LogP contribution in [0, 0.1) is 5.92 Å². The zero-order valence-corrected chi connectivity index (χ0v) is 13.8. The average Bonchev–Trinajstić information content (AvgIpc) is 3.16. The molecule has 2 aromatic rings. The van der Waals surface area contributed by atoms with Gasteiger partial charge in [-0.05, 0) is 6.42 Å². The van der Waals surface area contributed by atoms with Gasteiger partial charge in [-0.2, -0.15) is 0 Å². The third-order valence-corrected chi connectivity index (χ3v) is 3.92. The molecule has 1 saturated heterocycles. The lowest BCUT2D eigenvalue weighted by molar-refractivity contribution is -0.194. The van der Waals surface area contributed by atoms with E-state index in [1.54, 1.807) is 31.8 Å². The number of anilines is 1. The quantitative estimate of drug-likeness (QED) is 0.835. The first-order valence-corrected chi connectivity index (χ1v) is 7.82. The third-order valence-electron chi connectivity index (χ3n) is 3.92. The molecule has 0 unspecified atom stereocenters. The molecule has 3 heterocycles. The first-order valence-electron chi connectivity index (χ1n) is 7.82. The van der Waals surface area contributed by atoms with Crippen LogP contribution in [0.3, 0.4) is 0 Å². The number of carbonyl (C=O) groups is 1. The number of ether oxygens (including phenoxy) is 2. The zero-order valence-electron chi connectivity index (χ0n) is 13.8. The van der Waals surface area contributed by atoms with Gasteiger partial charge in [-0.25, -0.2) is 19.3 Å². The first-order chi connectivity index (χ1) is 11.4. The topological polar surface area (TPSA) is 91.2 Å². The molecule has 2 aromatic heterocycles. The van der Waals surface area contributed by atoms with Crippen molar-refractivity contribution in [2.45, 2.75) is 38.8 Å². The first kappa shape index (κ1) is 16.6. The van der Waals surface area contributed by atoms with Crippen LogP contribution in [0.5, 0.6) is 0 Å². The Hall–Kier alpha value is -2.29. The van der Waals surface area contributed by atoms with Crippen molar-refractivity contribution < 1.29 is 18.7 Å². The van der Waals surface area contributed by atoms with E-state index < -0.39 is 24.7 Å². The van der Waals surface area contributed by atoms with Crippen molar-refractivity contribution in [3.63, 3.8) is 0 Å². The second kappa shape index (κ2) is 6.31. The number of esters is 1. The van der Waals surface area contributed by atoms with Crippen LogP contribution in [-0.2, 0) is 14.3 Å². The highest BCUT2D eigenvalue weighted by Crippen LogP contribution is 2.39. The summed E-state index contributed by atoms with van der Waals surface area (Å²) in [5.74, 6) is -2.15. The van der Waals surface area contributed by atoms with Crippen LogP contribution < -0.4 is 5.32 Å². The predicted octanol–water partition coefficient (Wildman–Crippen LogP) is 2.04. The molecule has 24 heavy (non-hydrogen) atoms. The number of hydrogen-bond donors (Lipinski definition) is 1. The number of carbonyl (C=O) groups excluding carboxylic acids is 1. The molecule has 8 nitrogen and oxygen atoms in total. The van der Waals surface area contributed by atoms with Gasteiger partial charge in [0.1, 0.15) is 18.1 Å². The Morgan fingerprint density at radius 1 is 1.54 bits per heavy atom. The molecule has 0 bridgehead atoms. The number of halogens is 1. The highest BCUT2D eigenvalue weighted by molar-refractivity contribution is 5.82. The van der Waals surface area contributed by atoms with Gasteiger partial charge >= 0.3 is 5.97 Å². The zero-order chi connectivity index (χ0) is 17.3. The van der Waals surface area contributed by atoms with E-state index >= 15 is 0 Å². The van der Waals surface area contributed by atoms with E-state index in [9.17, 15) is 9.18 Å². The van der Waals surface area contributed by atoms with Gasteiger partial charge in [-0.1, -0.05) is 13.8 Å². The molecule has 0 aromatic carbocycles. The molecule has 3 rings (SSSR count). The molecule has 1 aliphatic heterocycles. The van der Waals surface area contributed by atoms with E-state index in [1.807, 2.05) is 0 Å². The van der Waals surface area contributed by atoms with Crippen molar-refractivity contribution in [3.05, 3.63) is 12.7 Å². The monoisotopic (exact) mass is 337 g/mol. The molecule has 1 N–H and O–H groups in total. The largest absolute Gasteiger partial charge is 0.459 e. The van der Waals surface area contributed by atoms with Crippen LogP contribution >= 0.6 is 0 Å². The standard InChI is InChI=1S/C15H20FN5O3/c1-9(2)14(22)23-6-15(16)5-4-10(24-15)21-8-20-11-12(17-3)18-7-19-13(11)21/h7-10H,4-6H2,1-3H3,(H,17,18,19)/t10-,15+/m1/s1. The van der Waals surface area contributed by atoms with Crippen LogP contribution in [0.4, 0.5) is 10.2 Å². The molecule has 130 valence electrons. The average molecular weight is 337 g/mol. The molecule has 2 atom stereocenters. The second-order valence-electron chi connectivity index (χ2n) is 6.05. The summed E-state index contributed by atoms with van der Waals surface area (Å²) >= 11 is 0. The second-order valence-corrected chi connectivity index (χ2v) is 6.05. The number of rotatable bonds is 5. The van der Waals surface area contributed by atoms with Crippen molar-refractivity contribution in [3.8, 4) is 0 Å². The summed E-state index contributed by atoms with van der Waals surface area (Å²) in [6.07, 6.45) is 2.97. The summed E-state index contributed by atoms with van der Waals surface area (Å²) in [5.41, 5.74) is 1.15. The van der Waals surface area contributed by atoms with Crippen LogP contribution in [0.15, 0.2) is 12.7 Å². The smallest absolute Gasteiger partial charge is 0.308 e. The lowest BCUT2D eigenvalue weighted by atomic mass is 10.2. The Balaban J connectivity index is 1.75. The van der Waals surface area contributed by atoms with Gasteiger partial charge in [0.05, 0.1) is 12.2 Å². The van der Waals surface area contributed by atoms with Crippen LogP contribution in [0.1, 0.15) is 32.9 Å². The van der Waals surface area contributed by atoms with Crippen molar-refractivity contribution in [2.24, 2.45) is 5.92 Å². The maximum absolute atomic E-state index is 14.7. The van der Waals surface area contributed by atoms with Gasteiger partial charge in [0, 0.05) is 13.5 Å². The Morgan fingerprint density at radius 3 is 3.04 bits per heavy atom. The summed E-state index contributed by atoms with van der Waals surface area (Å²) in [6, 6.07) is 0. The Bertz CT molecular complexity index is 750. The number of alkyl halides is 1. The maximum atomic E-state index is 14.7. The van der Waals surface area contributed by atoms with Gasteiger partial charge in [-0.15, -0.1) is 0 Å². The van der Waals surface area contributed by atoms with Crippen molar-refractivity contribution in [2.75, 3.05) is 19.0 Å². The summed E-state index contributed by atoms with van der Waals surface area (Å²) in [7, 11) is 1.74. The fraction of sp³-hybridized carbons (Fsp3) is 0.600. The van der Waals surface area contributed by atoms with Crippen molar-refractivity contribution in [1.82, 2.24) is 19.5 Å². The minimum Gasteiger partial charge on any atom is -0.459 e. The number of imidazole rings is 1. The minimum absolute atomic E-state index is 0.132.